The van der Waals surface area contributed by atoms with Crippen LogP contribution in [0.25, 0.3) is 0 Å². The molecule has 0 saturated heterocycles. The van der Waals surface area contributed by atoms with Gasteiger partial charge in [0.25, 0.3) is 0 Å². The molecule has 0 radical (unpaired) electrons. The number of hydrogen-bond acceptors (Lipinski definition) is 2. The van der Waals surface area contributed by atoms with Crippen molar-refractivity contribution >= 4 is 0 Å². The molecule has 2 aromatic rings. The lowest BCUT2D eigenvalue weighted by Crippen LogP contribution is -2.26. The maximum Gasteiger partial charge on any atom is 0.123 e. The van der Waals surface area contributed by atoms with Crippen LogP contribution in [0, 0.1) is 11.7 Å². The Labute approximate surface area is 144 Å². The Morgan fingerprint density at radius 2 is 1.79 bits per heavy atom. The fourth-order valence-electron chi connectivity index (χ4n) is 3.45. The highest BCUT2D eigenvalue weighted by Gasteiger charge is 2.13. The first-order valence-corrected chi connectivity index (χ1v) is 8.88. The molecule has 1 atom stereocenters. The second-order valence-corrected chi connectivity index (χ2v) is 6.70. The Kier molecular flexibility index (Phi) is 5.86. The van der Waals surface area contributed by atoms with Gasteiger partial charge in [-0.3, -0.25) is 0 Å². The maximum absolute atomic E-state index is 13.0. The summed E-state index contributed by atoms with van der Waals surface area (Å²) in [6.45, 7) is 1.54. The summed E-state index contributed by atoms with van der Waals surface area (Å²) in [4.78, 5) is 0. The molecule has 0 fully saturated rings. The first-order valence-electron chi connectivity index (χ1n) is 8.88. The lowest BCUT2D eigenvalue weighted by molar-refractivity contribution is 0.245. The van der Waals surface area contributed by atoms with Gasteiger partial charge >= 0.3 is 0 Å². The van der Waals surface area contributed by atoms with Crippen LogP contribution < -0.4 is 10.1 Å². The molecule has 0 saturated carbocycles. The number of aryl methyl sites for hydroxylation is 2. The molecule has 0 bridgehead atoms. The number of ether oxygens (including phenoxy) is 1. The Morgan fingerprint density at radius 3 is 2.54 bits per heavy atom. The van der Waals surface area contributed by atoms with E-state index in [4.69, 9.17) is 4.74 Å². The van der Waals surface area contributed by atoms with Crippen LogP contribution >= 0.6 is 0 Å². The van der Waals surface area contributed by atoms with Crippen LogP contribution in [0.4, 0.5) is 4.39 Å². The van der Waals surface area contributed by atoms with Crippen molar-refractivity contribution in [3.63, 3.8) is 0 Å². The highest BCUT2D eigenvalue weighted by atomic mass is 19.1. The van der Waals surface area contributed by atoms with Crippen LogP contribution in [-0.4, -0.2) is 20.2 Å². The highest BCUT2D eigenvalue weighted by molar-refractivity contribution is 5.37. The summed E-state index contributed by atoms with van der Waals surface area (Å²) in [7, 11) is 1.95. The van der Waals surface area contributed by atoms with Gasteiger partial charge in [0.05, 0.1) is 6.61 Å². The molecule has 24 heavy (non-hydrogen) atoms. The van der Waals surface area contributed by atoms with Gasteiger partial charge in [0, 0.05) is 12.5 Å². The molecule has 0 aliphatic heterocycles. The summed E-state index contributed by atoms with van der Waals surface area (Å²) in [6, 6.07) is 13.3. The van der Waals surface area contributed by atoms with Crippen LogP contribution in [0.3, 0.4) is 0 Å². The molecule has 1 aliphatic carbocycles. The van der Waals surface area contributed by atoms with E-state index in [1.54, 1.807) is 0 Å². The van der Waals surface area contributed by atoms with E-state index in [1.807, 2.05) is 19.2 Å². The van der Waals surface area contributed by atoms with E-state index in [0.717, 1.165) is 24.3 Å². The number of hydrogen-bond donors (Lipinski definition) is 1. The lowest BCUT2D eigenvalue weighted by atomic mass is 9.92. The maximum atomic E-state index is 13.0. The number of fused-ring (bicyclic) bond motifs is 1. The van der Waals surface area contributed by atoms with Crippen LogP contribution in [0.1, 0.15) is 29.5 Å². The Morgan fingerprint density at radius 1 is 1.04 bits per heavy atom. The summed E-state index contributed by atoms with van der Waals surface area (Å²) in [5, 5.41) is 3.23. The van der Waals surface area contributed by atoms with Crippen molar-refractivity contribution in [2.45, 2.75) is 32.1 Å². The summed E-state index contributed by atoms with van der Waals surface area (Å²) < 4.78 is 19.1. The molecular formula is C21H26FNO. The summed E-state index contributed by atoms with van der Waals surface area (Å²) in [5.41, 5.74) is 4.07. The van der Waals surface area contributed by atoms with Crippen molar-refractivity contribution in [1.29, 1.82) is 0 Å². The Balaban J connectivity index is 1.60. The van der Waals surface area contributed by atoms with E-state index in [-0.39, 0.29) is 5.82 Å². The molecule has 128 valence electrons. The van der Waals surface area contributed by atoms with Crippen molar-refractivity contribution in [2.75, 3.05) is 20.2 Å². The molecule has 3 heteroatoms. The predicted molar refractivity (Wildman–Crippen MR) is 96.1 cm³/mol. The van der Waals surface area contributed by atoms with Gasteiger partial charge in [0.15, 0.2) is 0 Å². The molecule has 0 amide bonds. The van der Waals surface area contributed by atoms with Gasteiger partial charge in [-0.05, 0) is 80.1 Å². The third-order valence-electron chi connectivity index (χ3n) is 4.74. The first kappa shape index (κ1) is 17.0. The minimum absolute atomic E-state index is 0.186. The van der Waals surface area contributed by atoms with Crippen molar-refractivity contribution in [1.82, 2.24) is 5.32 Å². The number of benzene rings is 2. The molecule has 0 heterocycles. The smallest absolute Gasteiger partial charge is 0.123 e. The van der Waals surface area contributed by atoms with Gasteiger partial charge in [0.1, 0.15) is 11.6 Å². The molecule has 0 spiro atoms. The molecule has 1 unspecified atom stereocenters. The van der Waals surface area contributed by atoms with Crippen molar-refractivity contribution in [2.24, 2.45) is 5.92 Å². The van der Waals surface area contributed by atoms with Crippen LogP contribution in [-0.2, 0) is 19.3 Å². The summed E-state index contributed by atoms with van der Waals surface area (Å²) >= 11 is 0. The third-order valence-corrected chi connectivity index (χ3v) is 4.74. The SMILES string of the molecule is CNCC(COc1ccc2c(c1)CCCC2)Cc1ccc(F)cc1. The normalized spacial score (nSPS) is 14.9. The zero-order valence-corrected chi connectivity index (χ0v) is 14.4. The van der Waals surface area contributed by atoms with Gasteiger partial charge in [-0.15, -0.1) is 0 Å². The molecule has 3 rings (SSSR count). The standard InChI is InChI=1S/C21H26FNO/c1-23-14-17(12-16-6-9-20(22)10-7-16)15-24-21-11-8-18-4-2-3-5-19(18)13-21/h6-11,13,17,23H,2-5,12,14-15H2,1H3. The van der Waals surface area contributed by atoms with Crippen LogP contribution in [0.15, 0.2) is 42.5 Å². The molecule has 1 N–H and O–H groups in total. The van der Waals surface area contributed by atoms with E-state index in [2.05, 4.69) is 23.5 Å². The minimum Gasteiger partial charge on any atom is -0.493 e. The van der Waals surface area contributed by atoms with E-state index in [9.17, 15) is 4.39 Å². The van der Waals surface area contributed by atoms with Gasteiger partial charge in [-0.1, -0.05) is 18.2 Å². The van der Waals surface area contributed by atoms with Crippen molar-refractivity contribution < 1.29 is 9.13 Å². The molecule has 2 nitrogen and oxygen atoms in total. The quantitative estimate of drug-likeness (QED) is 0.824. The third kappa shape index (κ3) is 4.57. The molecular weight excluding hydrogens is 301 g/mol. The van der Waals surface area contributed by atoms with E-state index in [1.165, 1.54) is 48.9 Å². The fourth-order valence-corrected chi connectivity index (χ4v) is 3.45. The van der Waals surface area contributed by atoms with E-state index >= 15 is 0 Å². The second kappa shape index (κ2) is 8.29. The lowest BCUT2D eigenvalue weighted by Gasteiger charge is -2.20. The number of halogens is 1. The highest BCUT2D eigenvalue weighted by Crippen LogP contribution is 2.25. The molecule has 2 aromatic carbocycles. The Hall–Kier alpha value is -1.87. The monoisotopic (exact) mass is 327 g/mol. The van der Waals surface area contributed by atoms with Crippen LogP contribution in [0.5, 0.6) is 5.75 Å². The molecule has 0 aromatic heterocycles. The Bertz CT molecular complexity index is 653. The predicted octanol–water partition coefficient (Wildman–Crippen LogP) is 4.16. The van der Waals surface area contributed by atoms with Crippen molar-refractivity contribution in [3.05, 3.63) is 65.0 Å². The zero-order valence-electron chi connectivity index (χ0n) is 14.4. The summed E-state index contributed by atoms with van der Waals surface area (Å²) in [6.07, 6.45) is 5.83. The van der Waals surface area contributed by atoms with Gasteiger partial charge in [-0.2, -0.15) is 0 Å². The molecule has 1 aliphatic rings. The average molecular weight is 327 g/mol. The second-order valence-electron chi connectivity index (χ2n) is 6.70. The summed E-state index contributed by atoms with van der Waals surface area (Å²) in [5.74, 6) is 1.14. The van der Waals surface area contributed by atoms with E-state index in [0.29, 0.717) is 12.5 Å². The van der Waals surface area contributed by atoms with Gasteiger partial charge in [-0.25, -0.2) is 4.39 Å². The minimum atomic E-state index is -0.186. The largest absolute Gasteiger partial charge is 0.493 e. The number of nitrogens with one attached hydrogen (secondary N) is 1. The number of rotatable bonds is 7. The van der Waals surface area contributed by atoms with Crippen molar-refractivity contribution in [3.8, 4) is 5.75 Å². The fraction of sp³-hybridized carbons (Fsp3) is 0.429. The average Bonchev–Trinajstić information content (AvgIpc) is 2.61. The van der Waals surface area contributed by atoms with E-state index < -0.39 is 0 Å². The van der Waals surface area contributed by atoms with Gasteiger partial charge in [0.2, 0.25) is 0 Å². The first-order chi connectivity index (χ1) is 11.7. The van der Waals surface area contributed by atoms with Crippen LogP contribution in [0.2, 0.25) is 0 Å². The topological polar surface area (TPSA) is 21.3 Å². The zero-order chi connectivity index (χ0) is 16.8. The van der Waals surface area contributed by atoms with Gasteiger partial charge < -0.3 is 10.1 Å².